The van der Waals surface area contributed by atoms with E-state index in [4.69, 9.17) is 5.73 Å². The summed E-state index contributed by atoms with van der Waals surface area (Å²) in [6.45, 7) is 4.32. The molecule has 3 rings (SSSR count). The van der Waals surface area contributed by atoms with Crippen LogP contribution in [0, 0.1) is 5.41 Å². The van der Waals surface area contributed by atoms with E-state index in [1.54, 1.807) is 0 Å². The van der Waals surface area contributed by atoms with Crippen molar-refractivity contribution in [2.45, 2.75) is 32.4 Å². The van der Waals surface area contributed by atoms with Crippen molar-refractivity contribution in [2.24, 2.45) is 11.1 Å². The molecule has 1 fully saturated rings. The number of fused-ring (bicyclic) bond motifs is 1. The zero-order chi connectivity index (χ0) is 12.8. The standard InChI is InChI=1S/C13H17N5/c1-13(2)10(14)7-11(13)16-12-15-8-5-3-4-6-9(8)17-18-12/h3-6,10-11H,7,14H2,1-2H3,(H,15,16,18). The largest absolute Gasteiger partial charge is 0.350 e. The summed E-state index contributed by atoms with van der Waals surface area (Å²) in [5, 5.41) is 11.6. The smallest absolute Gasteiger partial charge is 0.243 e. The van der Waals surface area contributed by atoms with Crippen LogP contribution < -0.4 is 11.1 Å². The Morgan fingerprint density at radius 3 is 2.61 bits per heavy atom. The summed E-state index contributed by atoms with van der Waals surface area (Å²) in [5.41, 5.74) is 7.74. The number of benzene rings is 1. The summed E-state index contributed by atoms with van der Waals surface area (Å²) in [4.78, 5) is 4.46. The number of aromatic nitrogens is 3. The molecule has 2 aromatic rings. The van der Waals surface area contributed by atoms with Crippen molar-refractivity contribution in [3.63, 3.8) is 0 Å². The van der Waals surface area contributed by atoms with Crippen molar-refractivity contribution in [3.8, 4) is 0 Å². The van der Waals surface area contributed by atoms with E-state index >= 15 is 0 Å². The molecule has 1 heterocycles. The van der Waals surface area contributed by atoms with E-state index in [1.165, 1.54) is 0 Å². The predicted molar refractivity (Wildman–Crippen MR) is 71.1 cm³/mol. The highest BCUT2D eigenvalue weighted by atomic mass is 15.3. The van der Waals surface area contributed by atoms with Gasteiger partial charge in [-0.1, -0.05) is 26.0 Å². The number of nitrogens with one attached hydrogen (secondary N) is 1. The van der Waals surface area contributed by atoms with Gasteiger partial charge in [0.15, 0.2) is 0 Å². The van der Waals surface area contributed by atoms with Gasteiger partial charge in [0.05, 0.1) is 5.52 Å². The van der Waals surface area contributed by atoms with Crippen molar-refractivity contribution in [1.29, 1.82) is 0 Å². The number of rotatable bonds is 2. The lowest BCUT2D eigenvalue weighted by molar-refractivity contribution is 0.116. The van der Waals surface area contributed by atoms with Crippen LogP contribution in [0.25, 0.3) is 11.0 Å². The number of nitrogens with zero attached hydrogens (tertiary/aromatic N) is 3. The molecule has 18 heavy (non-hydrogen) atoms. The van der Waals surface area contributed by atoms with Crippen molar-refractivity contribution in [3.05, 3.63) is 24.3 Å². The molecule has 1 aliphatic rings. The minimum Gasteiger partial charge on any atom is -0.350 e. The Morgan fingerprint density at radius 1 is 1.22 bits per heavy atom. The Kier molecular flexibility index (Phi) is 2.45. The molecule has 2 atom stereocenters. The third kappa shape index (κ3) is 1.71. The van der Waals surface area contributed by atoms with Gasteiger partial charge in [-0.2, -0.15) is 0 Å². The highest BCUT2D eigenvalue weighted by molar-refractivity contribution is 5.74. The number of nitrogens with two attached hydrogens (primary N) is 1. The first-order chi connectivity index (χ1) is 8.57. The summed E-state index contributed by atoms with van der Waals surface area (Å²) in [6.07, 6.45) is 0.948. The lowest BCUT2D eigenvalue weighted by Gasteiger charge is -2.50. The van der Waals surface area contributed by atoms with Crippen LogP contribution in [-0.4, -0.2) is 27.3 Å². The van der Waals surface area contributed by atoms with Crippen LogP contribution in [0.3, 0.4) is 0 Å². The fraction of sp³-hybridized carbons (Fsp3) is 0.462. The molecule has 1 aromatic carbocycles. The summed E-state index contributed by atoms with van der Waals surface area (Å²) in [5.74, 6) is 0.582. The van der Waals surface area contributed by atoms with Crippen LogP contribution in [0.1, 0.15) is 20.3 Å². The van der Waals surface area contributed by atoms with E-state index in [9.17, 15) is 0 Å². The number of para-hydroxylation sites is 1. The van der Waals surface area contributed by atoms with Crippen molar-refractivity contribution in [1.82, 2.24) is 15.2 Å². The lowest BCUT2D eigenvalue weighted by atomic mass is 9.63. The second kappa shape index (κ2) is 3.88. The van der Waals surface area contributed by atoms with E-state index in [0.717, 1.165) is 17.5 Å². The molecule has 1 aliphatic carbocycles. The SMILES string of the molecule is CC1(C)C(N)CC1Nc1nnc2ccccc2n1. The Labute approximate surface area is 106 Å². The maximum absolute atomic E-state index is 5.99. The maximum atomic E-state index is 5.99. The molecule has 94 valence electrons. The van der Waals surface area contributed by atoms with Gasteiger partial charge in [-0.05, 0) is 18.6 Å². The number of hydrogen-bond donors (Lipinski definition) is 2. The molecule has 1 saturated carbocycles. The van der Waals surface area contributed by atoms with Gasteiger partial charge in [0.1, 0.15) is 5.52 Å². The van der Waals surface area contributed by atoms with Gasteiger partial charge in [-0.15, -0.1) is 10.2 Å². The molecule has 0 amide bonds. The Morgan fingerprint density at radius 2 is 1.94 bits per heavy atom. The van der Waals surface area contributed by atoms with E-state index in [1.807, 2.05) is 24.3 Å². The first-order valence-corrected chi connectivity index (χ1v) is 6.19. The molecular formula is C13H17N5. The third-order valence-corrected chi connectivity index (χ3v) is 4.01. The van der Waals surface area contributed by atoms with Gasteiger partial charge in [0.2, 0.25) is 5.95 Å². The topological polar surface area (TPSA) is 76.7 Å². The van der Waals surface area contributed by atoms with E-state index in [2.05, 4.69) is 34.3 Å². The first-order valence-electron chi connectivity index (χ1n) is 6.19. The van der Waals surface area contributed by atoms with Crippen molar-refractivity contribution in [2.75, 3.05) is 5.32 Å². The van der Waals surface area contributed by atoms with Gasteiger partial charge in [-0.25, -0.2) is 4.98 Å². The van der Waals surface area contributed by atoms with Crippen LogP contribution in [0.4, 0.5) is 5.95 Å². The monoisotopic (exact) mass is 243 g/mol. The lowest BCUT2D eigenvalue weighted by Crippen LogP contribution is -2.61. The molecule has 5 heteroatoms. The quantitative estimate of drug-likeness (QED) is 0.837. The Hall–Kier alpha value is -1.75. The van der Waals surface area contributed by atoms with E-state index in [-0.39, 0.29) is 11.5 Å². The van der Waals surface area contributed by atoms with Crippen molar-refractivity contribution < 1.29 is 0 Å². The number of hydrogen-bond acceptors (Lipinski definition) is 5. The van der Waals surface area contributed by atoms with Gasteiger partial charge in [0.25, 0.3) is 0 Å². The van der Waals surface area contributed by atoms with Gasteiger partial charge in [-0.3, -0.25) is 0 Å². The maximum Gasteiger partial charge on any atom is 0.243 e. The molecule has 3 N–H and O–H groups in total. The zero-order valence-electron chi connectivity index (χ0n) is 10.6. The fourth-order valence-electron chi connectivity index (χ4n) is 2.30. The average molecular weight is 243 g/mol. The first kappa shape index (κ1) is 11.3. The molecule has 5 nitrogen and oxygen atoms in total. The molecular weight excluding hydrogens is 226 g/mol. The van der Waals surface area contributed by atoms with E-state index in [0.29, 0.717) is 12.0 Å². The summed E-state index contributed by atoms with van der Waals surface area (Å²) in [7, 11) is 0. The van der Waals surface area contributed by atoms with Gasteiger partial charge < -0.3 is 11.1 Å². The fourth-order valence-corrected chi connectivity index (χ4v) is 2.30. The van der Waals surface area contributed by atoms with Crippen molar-refractivity contribution >= 4 is 17.0 Å². The molecule has 0 aliphatic heterocycles. The average Bonchev–Trinajstić information content (AvgIpc) is 2.38. The molecule has 0 saturated heterocycles. The second-order valence-electron chi connectivity index (χ2n) is 5.48. The van der Waals surface area contributed by atoms with Gasteiger partial charge in [0, 0.05) is 17.5 Å². The molecule has 1 aromatic heterocycles. The Balaban J connectivity index is 1.83. The third-order valence-electron chi connectivity index (χ3n) is 4.01. The highest BCUT2D eigenvalue weighted by Crippen LogP contribution is 2.40. The van der Waals surface area contributed by atoms with Crippen LogP contribution in [0.2, 0.25) is 0 Å². The second-order valence-corrected chi connectivity index (χ2v) is 5.48. The van der Waals surface area contributed by atoms with Crippen LogP contribution in [0.15, 0.2) is 24.3 Å². The van der Waals surface area contributed by atoms with Crippen LogP contribution in [-0.2, 0) is 0 Å². The normalized spacial score (nSPS) is 25.7. The molecule has 2 unspecified atom stereocenters. The summed E-state index contributed by atoms with van der Waals surface area (Å²) >= 11 is 0. The minimum atomic E-state index is 0.0784. The van der Waals surface area contributed by atoms with E-state index < -0.39 is 0 Å². The molecule has 0 radical (unpaired) electrons. The van der Waals surface area contributed by atoms with Gasteiger partial charge >= 0.3 is 0 Å². The zero-order valence-corrected chi connectivity index (χ0v) is 10.6. The predicted octanol–water partition coefficient (Wildman–Crippen LogP) is 1.56. The Bertz CT molecular complexity index is 580. The number of anilines is 1. The highest BCUT2D eigenvalue weighted by Gasteiger charge is 2.46. The summed E-state index contributed by atoms with van der Waals surface area (Å²) in [6, 6.07) is 8.28. The summed E-state index contributed by atoms with van der Waals surface area (Å²) < 4.78 is 0. The molecule has 0 spiro atoms. The minimum absolute atomic E-state index is 0.0784. The molecule has 0 bridgehead atoms. The van der Waals surface area contributed by atoms with Crippen LogP contribution in [0.5, 0.6) is 0 Å². The van der Waals surface area contributed by atoms with Crippen LogP contribution >= 0.6 is 0 Å².